The maximum absolute atomic E-state index is 15.3. The van der Waals surface area contributed by atoms with Crippen LogP contribution in [0.2, 0.25) is 0 Å². The van der Waals surface area contributed by atoms with Gasteiger partial charge < -0.3 is 35.5 Å². The highest BCUT2D eigenvalue weighted by Gasteiger charge is 2.30. The summed E-state index contributed by atoms with van der Waals surface area (Å²) in [5, 5.41) is 24.0. The third-order valence-corrected chi connectivity index (χ3v) is 6.99. The van der Waals surface area contributed by atoms with Crippen molar-refractivity contribution in [3.63, 3.8) is 0 Å². The van der Waals surface area contributed by atoms with E-state index in [1.807, 2.05) is 13.8 Å². The van der Waals surface area contributed by atoms with Gasteiger partial charge in [-0.3, -0.25) is 4.79 Å². The normalized spacial score (nSPS) is 30.9. The van der Waals surface area contributed by atoms with Gasteiger partial charge in [0.25, 0.3) is 5.91 Å². The lowest BCUT2D eigenvalue weighted by atomic mass is 9.88. The number of carbonyl (C=O) groups excluding carboxylic acids is 2. The first-order chi connectivity index (χ1) is 17.9. The highest BCUT2D eigenvalue weighted by Crippen LogP contribution is 2.31. The second-order valence-corrected chi connectivity index (χ2v) is 10.1. The van der Waals surface area contributed by atoms with E-state index in [9.17, 15) is 19.8 Å². The van der Waals surface area contributed by atoms with Crippen LogP contribution in [0, 0.1) is 17.7 Å². The molecule has 0 spiro atoms. The fraction of sp³-hybridized carbons (Fsp3) is 0.571. The van der Waals surface area contributed by atoms with Crippen molar-refractivity contribution >= 4 is 17.7 Å². The van der Waals surface area contributed by atoms with Crippen LogP contribution < -0.4 is 11.1 Å². The molecule has 1 aliphatic heterocycles. The molecule has 9 nitrogen and oxygen atoms in total. The Morgan fingerprint density at radius 1 is 1.16 bits per heavy atom. The second kappa shape index (κ2) is 14.3. The Labute approximate surface area is 223 Å². The van der Waals surface area contributed by atoms with E-state index < -0.39 is 48.2 Å². The highest BCUT2D eigenvalue weighted by molar-refractivity contribution is 6.03. The molecule has 0 unspecified atom stereocenters. The summed E-state index contributed by atoms with van der Waals surface area (Å²) in [5.74, 6) is -1.99. The fourth-order valence-corrected chi connectivity index (χ4v) is 4.81. The van der Waals surface area contributed by atoms with Crippen LogP contribution in [0.5, 0.6) is 5.75 Å². The number of nitrogens with one attached hydrogen (secondary N) is 1. The Kier molecular flexibility index (Phi) is 11.7. The number of phenolic OH excluding ortho intramolecular Hbond substituents is 1. The zero-order valence-corrected chi connectivity index (χ0v) is 23.0. The number of aliphatic hydroxyl groups is 1. The van der Waals surface area contributed by atoms with Crippen molar-refractivity contribution < 1.29 is 38.4 Å². The summed E-state index contributed by atoms with van der Waals surface area (Å²) < 4.78 is 31.9. The Balaban J connectivity index is 2.52. The number of carbonyl (C=O) groups is 2. The lowest BCUT2D eigenvalue weighted by Gasteiger charge is -2.30. The summed E-state index contributed by atoms with van der Waals surface area (Å²) in [6.07, 6.45) is 0.923. The van der Waals surface area contributed by atoms with E-state index in [-0.39, 0.29) is 29.3 Å². The van der Waals surface area contributed by atoms with Gasteiger partial charge >= 0.3 is 6.09 Å². The molecule has 1 aliphatic rings. The van der Waals surface area contributed by atoms with Crippen LogP contribution in [-0.4, -0.2) is 60.8 Å². The predicted octanol–water partition coefficient (Wildman–Crippen LogP) is 4.22. The maximum Gasteiger partial charge on any atom is 0.405 e. The van der Waals surface area contributed by atoms with Gasteiger partial charge in [-0.2, -0.15) is 0 Å². The number of halogens is 1. The van der Waals surface area contributed by atoms with E-state index >= 15 is 4.39 Å². The summed E-state index contributed by atoms with van der Waals surface area (Å²) in [5.41, 5.74) is 6.38. The van der Waals surface area contributed by atoms with Crippen molar-refractivity contribution in [2.45, 2.75) is 77.8 Å². The Bertz CT molecular complexity index is 1040. The number of allylic oxidation sites excluding steroid dienone is 1. The van der Waals surface area contributed by atoms with E-state index in [1.165, 1.54) is 26.4 Å². The number of ether oxygens (including phenoxy) is 3. The van der Waals surface area contributed by atoms with Crippen molar-refractivity contribution in [3.8, 4) is 5.75 Å². The minimum Gasteiger partial charge on any atom is -0.508 e. The van der Waals surface area contributed by atoms with Gasteiger partial charge in [-0.1, -0.05) is 26.0 Å². The number of benzene rings is 1. The molecule has 0 aromatic heterocycles. The van der Waals surface area contributed by atoms with Crippen molar-refractivity contribution in [3.05, 3.63) is 46.8 Å². The number of hydrogen-bond donors (Lipinski definition) is 4. The molecule has 1 heterocycles. The quantitative estimate of drug-likeness (QED) is 0.335. The maximum atomic E-state index is 15.3. The molecular formula is C28H41FN2O7. The lowest BCUT2D eigenvalue weighted by Crippen LogP contribution is -2.37. The molecule has 6 atom stereocenters. The van der Waals surface area contributed by atoms with Crippen molar-refractivity contribution in [1.29, 1.82) is 0 Å². The van der Waals surface area contributed by atoms with Gasteiger partial charge in [-0.05, 0) is 63.2 Å². The minimum absolute atomic E-state index is 0.0397. The number of primary amides is 1. The number of nitrogens with two attached hydrogens (primary N) is 1. The molecule has 0 fully saturated rings. The number of fused-ring (bicyclic) bond motifs is 2. The van der Waals surface area contributed by atoms with E-state index in [0.29, 0.717) is 30.4 Å². The molecule has 5 N–H and O–H groups in total. The smallest absolute Gasteiger partial charge is 0.405 e. The first-order valence-corrected chi connectivity index (χ1v) is 12.8. The molecule has 10 heteroatoms. The van der Waals surface area contributed by atoms with Crippen LogP contribution in [-0.2, 0) is 25.4 Å². The van der Waals surface area contributed by atoms with Crippen LogP contribution in [0.15, 0.2) is 35.4 Å². The van der Waals surface area contributed by atoms with E-state index in [4.69, 9.17) is 19.9 Å². The molecule has 212 valence electrons. The predicted molar refractivity (Wildman–Crippen MR) is 142 cm³/mol. The van der Waals surface area contributed by atoms with E-state index in [2.05, 4.69) is 5.32 Å². The van der Waals surface area contributed by atoms with E-state index in [1.54, 1.807) is 26.0 Å². The number of rotatable bonds is 3. The zero-order valence-electron chi connectivity index (χ0n) is 23.0. The lowest BCUT2D eigenvalue weighted by molar-refractivity contribution is -0.112. The van der Waals surface area contributed by atoms with E-state index in [0.717, 1.165) is 0 Å². The van der Waals surface area contributed by atoms with Gasteiger partial charge in [0, 0.05) is 31.3 Å². The molecule has 1 aromatic carbocycles. The number of hydrogen-bond acceptors (Lipinski definition) is 7. The number of amides is 2. The first kappa shape index (κ1) is 31.3. The number of anilines is 1. The van der Waals surface area contributed by atoms with Gasteiger partial charge in [-0.15, -0.1) is 0 Å². The second-order valence-electron chi connectivity index (χ2n) is 10.1. The number of aliphatic hydroxyl groups excluding tert-OH is 1. The van der Waals surface area contributed by atoms with Crippen LogP contribution in [0.4, 0.5) is 14.9 Å². The fourth-order valence-electron chi connectivity index (χ4n) is 4.81. The molecular weight excluding hydrogens is 495 g/mol. The van der Waals surface area contributed by atoms with Crippen LogP contribution in [0.1, 0.15) is 52.5 Å². The Hall–Kier alpha value is -2.95. The van der Waals surface area contributed by atoms with Crippen LogP contribution >= 0.6 is 0 Å². The molecule has 1 aromatic rings. The number of phenols is 1. The number of aromatic hydroxyl groups is 1. The summed E-state index contributed by atoms with van der Waals surface area (Å²) in [6, 6.07) is 2.67. The SMILES string of the molecule is CO[C@H]1C[C@H](C)Cc2c(O)ccc(c2F)NC(=O)/C(C)=C/CC[C@H](OC)[C@@H](OC(N)=O)/C(C)=C/[C@H](C)[C@H]1O. The molecule has 38 heavy (non-hydrogen) atoms. The van der Waals surface area contributed by atoms with Crippen molar-refractivity contribution in [2.24, 2.45) is 17.6 Å². The third kappa shape index (κ3) is 8.28. The van der Waals surface area contributed by atoms with Gasteiger partial charge in [0.1, 0.15) is 5.75 Å². The monoisotopic (exact) mass is 536 g/mol. The average Bonchev–Trinajstić information content (AvgIpc) is 2.86. The molecule has 0 aliphatic carbocycles. The zero-order chi connectivity index (χ0) is 28.6. The van der Waals surface area contributed by atoms with Gasteiger partial charge in [0.05, 0.1) is 24.0 Å². The van der Waals surface area contributed by atoms with Gasteiger partial charge in [0.15, 0.2) is 11.9 Å². The summed E-state index contributed by atoms with van der Waals surface area (Å²) in [4.78, 5) is 24.4. The molecule has 0 saturated carbocycles. The van der Waals surface area contributed by atoms with Crippen LogP contribution in [0.3, 0.4) is 0 Å². The van der Waals surface area contributed by atoms with Crippen molar-refractivity contribution in [1.82, 2.24) is 0 Å². The summed E-state index contributed by atoms with van der Waals surface area (Å²) in [6.45, 7) is 7.05. The topological polar surface area (TPSA) is 140 Å². The summed E-state index contributed by atoms with van der Waals surface area (Å²) >= 11 is 0. The highest BCUT2D eigenvalue weighted by atomic mass is 19.1. The largest absolute Gasteiger partial charge is 0.508 e. The van der Waals surface area contributed by atoms with Gasteiger partial charge in [-0.25, -0.2) is 9.18 Å². The minimum atomic E-state index is -0.960. The van der Waals surface area contributed by atoms with Crippen LogP contribution in [0.25, 0.3) is 0 Å². The number of methoxy groups -OCH3 is 2. The standard InChI is InChI=1S/C28H41FN2O7/c1-15-12-19-21(32)11-10-20(24(19)29)31-27(34)16(2)8-7-9-22(36-5)26(38-28(30)35)18(4)14-17(3)25(33)23(13-15)37-6/h8,10-11,14-15,17,22-23,25-26,32-33H,7,9,12-13H2,1-6H3,(H2,30,35)(H,31,34)/b16-8+,18-14+/t15-,17+,22+,23+,25-,26+/m1/s1. The molecule has 2 amide bonds. The Morgan fingerprint density at radius 2 is 1.82 bits per heavy atom. The first-order valence-electron chi connectivity index (χ1n) is 12.8. The molecule has 2 rings (SSSR count). The Morgan fingerprint density at radius 3 is 2.42 bits per heavy atom. The molecule has 0 saturated heterocycles. The van der Waals surface area contributed by atoms with Crippen molar-refractivity contribution in [2.75, 3.05) is 19.5 Å². The molecule has 2 bridgehead atoms. The summed E-state index contributed by atoms with van der Waals surface area (Å²) in [7, 11) is 2.97. The third-order valence-electron chi connectivity index (χ3n) is 6.99. The molecule has 0 radical (unpaired) electrons. The average molecular weight is 537 g/mol. The van der Waals surface area contributed by atoms with Gasteiger partial charge in [0.2, 0.25) is 0 Å².